The quantitative estimate of drug-likeness (QED) is 0.324. The highest BCUT2D eigenvalue weighted by atomic mass is 35.5. The first kappa shape index (κ1) is 12.2. The minimum Gasteiger partial charge on any atom is -0.465 e. The van der Waals surface area contributed by atoms with Crippen LogP contribution in [-0.2, 0) is 14.3 Å². The number of carbonyl (C=O) groups is 1. The topological polar surface area (TPSA) is 38.8 Å². The maximum atomic E-state index is 11.9. The first-order valence-corrected chi connectivity index (χ1v) is 6.58. The molecular formula is C12H19ClO3. The number of unbranched alkanes of at least 4 members (excludes halogenated alkanes) is 1. The zero-order valence-corrected chi connectivity index (χ0v) is 10.5. The van der Waals surface area contributed by atoms with Crippen LogP contribution in [0.15, 0.2) is 0 Å². The number of epoxide rings is 1. The van der Waals surface area contributed by atoms with Crippen LogP contribution in [0.4, 0.5) is 0 Å². The number of hydrogen-bond donors (Lipinski definition) is 0. The molecule has 0 amide bonds. The molecule has 0 aromatic carbocycles. The monoisotopic (exact) mass is 246 g/mol. The molecule has 0 bridgehead atoms. The maximum absolute atomic E-state index is 11.9. The van der Waals surface area contributed by atoms with E-state index in [0.717, 1.165) is 32.1 Å². The van der Waals surface area contributed by atoms with E-state index in [-0.39, 0.29) is 11.4 Å². The molecule has 0 spiro atoms. The van der Waals surface area contributed by atoms with Crippen molar-refractivity contribution in [2.24, 2.45) is 5.41 Å². The molecule has 0 aromatic heterocycles. The predicted octanol–water partition coefficient (Wildman–Crippen LogP) is 2.51. The summed E-state index contributed by atoms with van der Waals surface area (Å²) in [4.78, 5) is 11.9. The first-order chi connectivity index (χ1) is 7.65. The van der Waals surface area contributed by atoms with Gasteiger partial charge in [-0.3, -0.25) is 4.79 Å². The summed E-state index contributed by atoms with van der Waals surface area (Å²) in [6, 6.07) is 0. The van der Waals surface area contributed by atoms with Gasteiger partial charge in [0, 0.05) is 5.88 Å². The van der Waals surface area contributed by atoms with E-state index in [1.807, 2.05) is 6.92 Å². The lowest BCUT2D eigenvalue weighted by Crippen LogP contribution is -2.35. The van der Waals surface area contributed by atoms with Crippen molar-refractivity contribution in [2.45, 2.75) is 51.2 Å². The number of hydrogen-bond acceptors (Lipinski definition) is 3. The SMILES string of the molecule is C[C@]1(C(=O)OCCCCCl)CC[C@@H]2O[C@@H]2C1. The molecule has 1 aliphatic heterocycles. The van der Waals surface area contributed by atoms with Gasteiger partial charge >= 0.3 is 5.97 Å². The molecule has 3 atom stereocenters. The van der Waals surface area contributed by atoms with Crippen LogP contribution in [0.5, 0.6) is 0 Å². The highest BCUT2D eigenvalue weighted by Gasteiger charge is 2.52. The van der Waals surface area contributed by atoms with E-state index in [9.17, 15) is 4.79 Å². The fraction of sp³-hybridized carbons (Fsp3) is 0.917. The number of rotatable bonds is 5. The number of alkyl halides is 1. The van der Waals surface area contributed by atoms with E-state index in [1.165, 1.54) is 0 Å². The van der Waals surface area contributed by atoms with Crippen molar-refractivity contribution >= 4 is 17.6 Å². The third-order valence-corrected chi connectivity index (χ3v) is 3.84. The molecule has 16 heavy (non-hydrogen) atoms. The van der Waals surface area contributed by atoms with Gasteiger partial charge in [0.1, 0.15) is 0 Å². The van der Waals surface area contributed by atoms with Gasteiger partial charge in [0.2, 0.25) is 0 Å². The highest BCUT2D eigenvalue weighted by Crippen LogP contribution is 2.46. The van der Waals surface area contributed by atoms with Crippen LogP contribution in [0.25, 0.3) is 0 Å². The lowest BCUT2D eigenvalue weighted by Gasteiger charge is -2.28. The van der Waals surface area contributed by atoms with Crippen LogP contribution in [0.3, 0.4) is 0 Å². The summed E-state index contributed by atoms with van der Waals surface area (Å²) in [5, 5.41) is 0. The standard InChI is InChI=1S/C12H19ClO3/c1-12(5-4-9-10(8-12)16-9)11(14)15-7-3-2-6-13/h9-10H,2-8H2,1H3/t9-,10+,12-/m0/s1. The maximum Gasteiger partial charge on any atom is 0.311 e. The summed E-state index contributed by atoms with van der Waals surface area (Å²) < 4.78 is 10.7. The van der Waals surface area contributed by atoms with Crippen LogP contribution < -0.4 is 0 Å². The zero-order chi connectivity index (χ0) is 11.6. The van der Waals surface area contributed by atoms with Crippen molar-refractivity contribution in [1.82, 2.24) is 0 Å². The molecule has 92 valence electrons. The van der Waals surface area contributed by atoms with Gasteiger partial charge in [-0.25, -0.2) is 0 Å². The van der Waals surface area contributed by atoms with Crippen molar-refractivity contribution in [3.05, 3.63) is 0 Å². The molecule has 0 aromatic rings. The van der Waals surface area contributed by atoms with Crippen LogP contribution >= 0.6 is 11.6 Å². The highest BCUT2D eigenvalue weighted by molar-refractivity contribution is 6.17. The third-order valence-electron chi connectivity index (χ3n) is 3.57. The largest absolute Gasteiger partial charge is 0.465 e. The second-order valence-electron chi connectivity index (χ2n) is 5.05. The Hall–Kier alpha value is -0.280. The summed E-state index contributed by atoms with van der Waals surface area (Å²) >= 11 is 5.56. The minimum absolute atomic E-state index is 0.0592. The van der Waals surface area contributed by atoms with Gasteiger partial charge in [0.15, 0.2) is 0 Å². The summed E-state index contributed by atoms with van der Waals surface area (Å²) in [5.74, 6) is 0.572. The van der Waals surface area contributed by atoms with Crippen LogP contribution in [-0.4, -0.2) is 30.7 Å². The first-order valence-electron chi connectivity index (χ1n) is 6.04. The Morgan fingerprint density at radius 2 is 2.31 bits per heavy atom. The van der Waals surface area contributed by atoms with Crippen molar-refractivity contribution in [1.29, 1.82) is 0 Å². The Balaban J connectivity index is 1.74. The van der Waals surface area contributed by atoms with Crippen molar-refractivity contribution in [2.75, 3.05) is 12.5 Å². The summed E-state index contributed by atoms with van der Waals surface area (Å²) in [6.45, 7) is 2.49. The molecule has 1 aliphatic carbocycles. The Morgan fingerprint density at radius 3 is 3.00 bits per heavy atom. The summed E-state index contributed by atoms with van der Waals surface area (Å²) in [7, 11) is 0. The van der Waals surface area contributed by atoms with Gasteiger partial charge in [0.05, 0.1) is 24.2 Å². The Bertz CT molecular complexity index is 269. The van der Waals surface area contributed by atoms with Gasteiger partial charge in [-0.05, 0) is 39.0 Å². The molecular weight excluding hydrogens is 228 g/mol. The van der Waals surface area contributed by atoms with E-state index in [1.54, 1.807) is 0 Å². The predicted molar refractivity (Wildman–Crippen MR) is 61.5 cm³/mol. The van der Waals surface area contributed by atoms with E-state index < -0.39 is 0 Å². The van der Waals surface area contributed by atoms with Gasteiger partial charge in [-0.1, -0.05) is 0 Å². The number of carbonyl (C=O) groups excluding carboxylic acids is 1. The number of esters is 1. The van der Waals surface area contributed by atoms with Crippen LogP contribution in [0.2, 0.25) is 0 Å². The molecule has 1 saturated carbocycles. The van der Waals surface area contributed by atoms with Crippen LogP contribution in [0.1, 0.15) is 39.0 Å². The molecule has 0 N–H and O–H groups in total. The van der Waals surface area contributed by atoms with E-state index in [0.29, 0.717) is 24.7 Å². The van der Waals surface area contributed by atoms with Gasteiger partial charge < -0.3 is 9.47 Å². The lowest BCUT2D eigenvalue weighted by atomic mass is 9.76. The summed E-state index contributed by atoms with van der Waals surface area (Å²) in [6.07, 6.45) is 5.21. The fourth-order valence-electron chi connectivity index (χ4n) is 2.34. The van der Waals surface area contributed by atoms with Gasteiger partial charge in [0.25, 0.3) is 0 Å². The summed E-state index contributed by atoms with van der Waals surface area (Å²) in [5.41, 5.74) is -0.321. The Kier molecular flexibility index (Phi) is 3.75. The van der Waals surface area contributed by atoms with Crippen molar-refractivity contribution < 1.29 is 14.3 Å². The van der Waals surface area contributed by atoms with Gasteiger partial charge in [-0.2, -0.15) is 0 Å². The second-order valence-corrected chi connectivity index (χ2v) is 5.43. The second kappa shape index (κ2) is 4.92. The Morgan fingerprint density at radius 1 is 1.50 bits per heavy atom. The molecule has 2 aliphatic rings. The molecule has 1 heterocycles. The smallest absolute Gasteiger partial charge is 0.311 e. The van der Waals surface area contributed by atoms with Crippen LogP contribution in [0, 0.1) is 5.41 Å². The van der Waals surface area contributed by atoms with E-state index in [4.69, 9.17) is 21.1 Å². The molecule has 2 rings (SSSR count). The molecule has 2 fully saturated rings. The average molecular weight is 247 g/mol. The fourth-order valence-corrected chi connectivity index (χ4v) is 2.53. The third kappa shape index (κ3) is 2.69. The lowest BCUT2D eigenvalue weighted by molar-refractivity contribution is -0.156. The number of halogens is 1. The van der Waals surface area contributed by atoms with Crippen molar-refractivity contribution in [3.63, 3.8) is 0 Å². The molecule has 4 heteroatoms. The Labute approximate surface area is 101 Å². The molecule has 0 unspecified atom stereocenters. The van der Waals surface area contributed by atoms with E-state index in [2.05, 4.69) is 0 Å². The molecule has 1 saturated heterocycles. The molecule has 0 radical (unpaired) electrons. The average Bonchev–Trinajstić information content (AvgIpc) is 3.02. The zero-order valence-electron chi connectivity index (χ0n) is 9.71. The van der Waals surface area contributed by atoms with Crippen molar-refractivity contribution in [3.8, 4) is 0 Å². The normalized spacial score (nSPS) is 36.6. The number of ether oxygens (including phenoxy) is 2. The minimum atomic E-state index is -0.321. The van der Waals surface area contributed by atoms with Gasteiger partial charge in [-0.15, -0.1) is 11.6 Å². The van der Waals surface area contributed by atoms with E-state index >= 15 is 0 Å². The molecule has 3 nitrogen and oxygen atoms in total. The number of fused-ring (bicyclic) bond motifs is 1.